The maximum Gasteiger partial charge on any atom is 0.229 e. The molecule has 2 amide bonds. The largest absolute Gasteiger partial charge is 0.496 e. The zero-order chi connectivity index (χ0) is 17.8. The van der Waals surface area contributed by atoms with Crippen LogP contribution in [0.1, 0.15) is 57.4 Å². The van der Waals surface area contributed by atoms with Crippen LogP contribution in [0.25, 0.3) is 0 Å². The van der Waals surface area contributed by atoms with Gasteiger partial charge in [-0.2, -0.15) is 0 Å². The number of carbonyl (C=O) groups is 2. The average Bonchev–Trinajstić information content (AvgIpc) is 2.59. The molecule has 0 aliphatic heterocycles. The summed E-state index contributed by atoms with van der Waals surface area (Å²) in [6, 6.07) is 7.35. The van der Waals surface area contributed by atoms with E-state index in [2.05, 4.69) is 6.92 Å². The van der Waals surface area contributed by atoms with Crippen LogP contribution in [-0.2, 0) is 15.0 Å². The minimum absolute atomic E-state index is 0.430. The quantitative estimate of drug-likeness (QED) is 0.803. The van der Waals surface area contributed by atoms with E-state index < -0.39 is 22.6 Å². The first-order valence-corrected chi connectivity index (χ1v) is 8.69. The minimum atomic E-state index is -1.11. The number of methoxy groups -OCH3 is 1. The van der Waals surface area contributed by atoms with Gasteiger partial charge in [-0.25, -0.2) is 0 Å². The lowest BCUT2D eigenvalue weighted by atomic mass is 9.50. The van der Waals surface area contributed by atoms with E-state index in [1.165, 1.54) is 0 Å². The molecule has 0 spiro atoms. The molecule has 0 bridgehead atoms. The van der Waals surface area contributed by atoms with E-state index in [1.54, 1.807) is 13.2 Å². The number of hydrogen-bond donors (Lipinski definition) is 2. The molecular formula is C19H28N2O3. The van der Waals surface area contributed by atoms with Crippen molar-refractivity contribution >= 4 is 11.8 Å². The van der Waals surface area contributed by atoms with Gasteiger partial charge in [0.1, 0.15) is 5.75 Å². The Kier molecular flexibility index (Phi) is 5.52. The van der Waals surface area contributed by atoms with Crippen molar-refractivity contribution in [1.29, 1.82) is 0 Å². The lowest BCUT2D eigenvalue weighted by molar-refractivity contribution is -0.146. The number of rotatable bonds is 7. The van der Waals surface area contributed by atoms with Gasteiger partial charge >= 0.3 is 0 Å². The molecular weight excluding hydrogens is 304 g/mol. The number of nitrogens with two attached hydrogens (primary N) is 2. The number of hydrogen-bond acceptors (Lipinski definition) is 3. The summed E-state index contributed by atoms with van der Waals surface area (Å²) in [5.41, 5.74) is 10.5. The predicted molar refractivity (Wildman–Crippen MR) is 93.5 cm³/mol. The summed E-state index contributed by atoms with van der Waals surface area (Å²) in [6.45, 7) is 2.06. The fourth-order valence-electron chi connectivity index (χ4n) is 4.42. The SMILES string of the molecule is CCCCC1(C(N)=O)CCCCC1(C(N)=O)c1ccccc1OC. The van der Waals surface area contributed by atoms with E-state index in [9.17, 15) is 9.59 Å². The van der Waals surface area contributed by atoms with Crippen molar-refractivity contribution in [2.75, 3.05) is 7.11 Å². The Morgan fingerprint density at radius 2 is 1.79 bits per heavy atom. The molecule has 24 heavy (non-hydrogen) atoms. The first-order chi connectivity index (χ1) is 11.5. The molecule has 0 saturated heterocycles. The monoisotopic (exact) mass is 332 g/mol. The van der Waals surface area contributed by atoms with Gasteiger partial charge < -0.3 is 16.2 Å². The molecule has 5 heteroatoms. The van der Waals surface area contributed by atoms with Gasteiger partial charge in [-0.3, -0.25) is 9.59 Å². The molecule has 2 unspecified atom stereocenters. The van der Waals surface area contributed by atoms with Gasteiger partial charge in [-0.15, -0.1) is 0 Å². The van der Waals surface area contributed by atoms with Crippen molar-refractivity contribution in [1.82, 2.24) is 0 Å². The number of unbranched alkanes of at least 4 members (excludes halogenated alkanes) is 1. The molecule has 2 rings (SSSR count). The zero-order valence-electron chi connectivity index (χ0n) is 14.6. The number of para-hydroxylation sites is 1. The van der Waals surface area contributed by atoms with Crippen LogP contribution < -0.4 is 16.2 Å². The van der Waals surface area contributed by atoms with Gasteiger partial charge in [-0.05, 0) is 25.3 Å². The van der Waals surface area contributed by atoms with Gasteiger partial charge in [0.15, 0.2) is 0 Å². The van der Waals surface area contributed by atoms with E-state index in [1.807, 2.05) is 18.2 Å². The molecule has 0 aromatic heterocycles. The highest BCUT2D eigenvalue weighted by Crippen LogP contribution is 2.56. The van der Waals surface area contributed by atoms with Crippen molar-refractivity contribution in [2.45, 2.75) is 57.3 Å². The Morgan fingerprint density at radius 3 is 2.38 bits per heavy atom. The number of benzene rings is 1. The minimum Gasteiger partial charge on any atom is -0.496 e. The van der Waals surface area contributed by atoms with Crippen molar-refractivity contribution in [3.63, 3.8) is 0 Å². The standard InChI is InChI=1S/C19H28N2O3/c1-3-4-11-18(16(20)22)12-7-8-13-19(18,17(21)23)14-9-5-6-10-15(14)24-2/h5-6,9-10H,3-4,7-8,11-13H2,1-2H3,(H2,20,22)(H2,21,23). The first kappa shape index (κ1) is 18.3. The highest BCUT2D eigenvalue weighted by molar-refractivity contribution is 5.97. The highest BCUT2D eigenvalue weighted by atomic mass is 16.5. The number of primary amides is 2. The van der Waals surface area contributed by atoms with Crippen molar-refractivity contribution in [2.24, 2.45) is 16.9 Å². The van der Waals surface area contributed by atoms with Gasteiger partial charge in [0.25, 0.3) is 0 Å². The van der Waals surface area contributed by atoms with E-state index in [4.69, 9.17) is 16.2 Å². The number of amides is 2. The van der Waals surface area contributed by atoms with Crippen LogP contribution >= 0.6 is 0 Å². The average molecular weight is 332 g/mol. The third-order valence-electron chi connectivity index (χ3n) is 5.64. The van der Waals surface area contributed by atoms with E-state index in [0.717, 1.165) is 25.7 Å². The summed E-state index contributed by atoms with van der Waals surface area (Å²) in [6.07, 6.45) is 5.14. The third-order valence-corrected chi connectivity index (χ3v) is 5.64. The molecule has 0 heterocycles. The van der Waals surface area contributed by atoms with Crippen LogP contribution in [0.5, 0.6) is 5.75 Å². The Labute approximate surface area is 143 Å². The maximum absolute atomic E-state index is 12.8. The summed E-state index contributed by atoms with van der Waals surface area (Å²) in [5, 5.41) is 0. The van der Waals surface area contributed by atoms with Crippen LogP contribution in [-0.4, -0.2) is 18.9 Å². The summed E-state index contributed by atoms with van der Waals surface area (Å²) in [5.74, 6) is -0.331. The highest BCUT2D eigenvalue weighted by Gasteiger charge is 2.61. The molecule has 5 nitrogen and oxygen atoms in total. The Bertz CT molecular complexity index is 616. The second-order valence-electron chi connectivity index (χ2n) is 6.73. The van der Waals surface area contributed by atoms with Crippen LogP contribution in [0.4, 0.5) is 0 Å². The first-order valence-electron chi connectivity index (χ1n) is 8.69. The Balaban J connectivity index is 2.75. The van der Waals surface area contributed by atoms with Crippen molar-refractivity contribution < 1.29 is 14.3 Å². The van der Waals surface area contributed by atoms with Crippen LogP contribution in [0.15, 0.2) is 24.3 Å². The van der Waals surface area contributed by atoms with Crippen LogP contribution in [0, 0.1) is 5.41 Å². The fourth-order valence-corrected chi connectivity index (χ4v) is 4.42. The molecule has 1 aliphatic rings. The van der Waals surface area contributed by atoms with E-state index in [0.29, 0.717) is 30.6 Å². The summed E-state index contributed by atoms with van der Waals surface area (Å²) in [7, 11) is 1.56. The molecule has 1 saturated carbocycles. The smallest absolute Gasteiger partial charge is 0.229 e. The summed E-state index contributed by atoms with van der Waals surface area (Å²) in [4.78, 5) is 25.4. The Morgan fingerprint density at radius 1 is 1.12 bits per heavy atom. The lowest BCUT2D eigenvalue weighted by Crippen LogP contribution is -2.61. The van der Waals surface area contributed by atoms with Crippen LogP contribution in [0.3, 0.4) is 0 Å². The predicted octanol–water partition coefficient (Wildman–Crippen LogP) is 2.65. The van der Waals surface area contributed by atoms with Gasteiger partial charge in [0.2, 0.25) is 11.8 Å². The molecule has 0 radical (unpaired) electrons. The summed E-state index contributed by atoms with van der Waals surface area (Å²) < 4.78 is 5.49. The number of ether oxygens (including phenoxy) is 1. The second-order valence-corrected chi connectivity index (χ2v) is 6.73. The van der Waals surface area contributed by atoms with Gasteiger partial charge in [-0.1, -0.05) is 50.8 Å². The van der Waals surface area contributed by atoms with Gasteiger partial charge in [0, 0.05) is 5.56 Å². The normalized spacial score (nSPS) is 26.8. The lowest BCUT2D eigenvalue weighted by Gasteiger charge is -2.50. The second kappa shape index (κ2) is 7.24. The zero-order valence-corrected chi connectivity index (χ0v) is 14.6. The molecule has 4 N–H and O–H groups in total. The van der Waals surface area contributed by atoms with Gasteiger partial charge in [0.05, 0.1) is 17.9 Å². The number of carbonyl (C=O) groups excluding carboxylic acids is 2. The molecule has 1 aliphatic carbocycles. The Hall–Kier alpha value is -2.04. The van der Waals surface area contributed by atoms with Crippen molar-refractivity contribution in [3.05, 3.63) is 29.8 Å². The van der Waals surface area contributed by atoms with E-state index >= 15 is 0 Å². The third kappa shape index (κ3) is 2.66. The molecule has 1 fully saturated rings. The van der Waals surface area contributed by atoms with Crippen LogP contribution in [0.2, 0.25) is 0 Å². The topological polar surface area (TPSA) is 95.4 Å². The molecule has 132 valence electrons. The fraction of sp³-hybridized carbons (Fsp3) is 0.579. The van der Waals surface area contributed by atoms with Crippen molar-refractivity contribution in [3.8, 4) is 5.75 Å². The van der Waals surface area contributed by atoms with E-state index in [-0.39, 0.29) is 0 Å². The molecule has 1 aromatic carbocycles. The molecule has 1 aromatic rings. The maximum atomic E-state index is 12.8. The molecule has 2 atom stereocenters. The summed E-state index contributed by atoms with van der Waals surface area (Å²) >= 11 is 0.